The average Bonchev–Trinajstić information content (AvgIpc) is 2.23. The van der Waals surface area contributed by atoms with Crippen molar-refractivity contribution in [2.24, 2.45) is 0 Å². The Morgan fingerprint density at radius 3 is 2.00 bits per heavy atom. The summed E-state index contributed by atoms with van der Waals surface area (Å²) in [6, 6.07) is 0. The van der Waals surface area contributed by atoms with Crippen LogP contribution in [0.2, 0.25) is 0 Å². The SMILES string of the molecule is CC(C)(C)OC(=O)CCN1CCN(CC(F)(F)F)CC1. The number of nitrogens with zero attached hydrogens (tertiary/aromatic N) is 2. The fourth-order valence-electron chi connectivity index (χ4n) is 2.07. The summed E-state index contributed by atoms with van der Waals surface area (Å²) in [4.78, 5) is 14.9. The number of esters is 1. The van der Waals surface area contributed by atoms with Gasteiger partial charge in [-0.05, 0) is 20.8 Å². The molecule has 0 aliphatic carbocycles. The van der Waals surface area contributed by atoms with Gasteiger partial charge in [-0.15, -0.1) is 0 Å². The summed E-state index contributed by atoms with van der Waals surface area (Å²) < 4.78 is 41.9. The Kier molecular flexibility index (Phi) is 5.82. The van der Waals surface area contributed by atoms with E-state index in [0.717, 1.165) is 0 Å². The predicted octanol–water partition coefficient (Wildman–Crippen LogP) is 1.90. The van der Waals surface area contributed by atoms with Crippen LogP contribution in [0.25, 0.3) is 0 Å². The topological polar surface area (TPSA) is 32.8 Å². The van der Waals surface area contributed by atoms with Crippen molar-refractivity contribution in [3.63, 3.8) is 0 Å². The van der Waals surface area contributed by atoms with Crippen molar-refractivity contribution in [2.75, 3.05) is 39.3 Å². The molecule has 0 spiro atoms. The molecule has 0 aromatic heterocycles. The number of alkyl halides is 3. The Morgan fingerprint density at radius 1 is 1.05 bits per heavy atom. The molecule has 0 bridgehead atoms. The van der Waals surface area contributed by atoms with E-state index in [1.165, 1.54) is 4.90 Å². The second-order valence-corrected chi connectivity index (χ2v) is 6.07. The van der Waals surface area contributed by atoms with Crippen molar-refractivity contribution < 1.29 is 22.7 Å². The molecule has 4 nitrogen and oxygen atoms in total. The summed E-state index contributed by atoms with van der Waals surface area (Å²) >= 11 is 0. The highest BCUT2D eigenvalue weighted by molar-refractivity contribution is 5.70. The molecule has 0 aromatic rings. The van der Waals surface area contributed by atoms with E-state index in [9.17, 15) is 18.0 Å². The number of hydrogen-bond acceptors (Lipinski definition) is 4. The van der Waals surface area contributed by atoms with E-state index in [1.807, 2.05) is 4.90 Å². The zero-order valence-electron chi connectivity index (χ0n) is 12.3. The van der Waals surface area contributed by atoms with Crippen molar-refractivity contribution >= 4 is 5.97 Å². The van der Waals surface area contributed by atoms with Crippen LogP contribution in [0.3, 0.4) is 0 Å². The Morgan fingerprint density at radius 2 is 1.55 bits per heavy atom. The van der Waals surface area contributed by atoms with E-state index in [2.05, 4.69) is 0 Å². The highest BCUT2D eigenvalue weighted by Crippen LogP contribution is 2.17. The van der Waals surface area contributed by atoms with Crippen LogP contribution in [0.5, 0.6) is 0 Å². The molecule has 1 heterocycles. The van der Waals surface area contributed by atoms with E-state index in [0.29, 0.717) is 32.7 Å². The van der Waals surface area contributed by atoms with Gasteiger partial charge < -0.3 is 9.64 Å². The maximum atomic E-state index is 12.2. The zero-order valence-corrected chi connectivity index (χ0v) is 12.3. The van der Waals surface area contributed by atoms with Crippen LogP contribution in [-0.2, 0) is 9.53 Å². The number of carbonyl (C=O) groups excluding carboxylic acids is 1. The molecule has 0 aromatic carbocycles. The number of piperazine rings is 1. The second kappa shape index (κ2) is 6.76. The molecule has 0 unspecified atom stereocenters. The minimum absolute atomic E-state index is 0.268. The second-order valence-electron chi connectivity index (χ2n) is 6.07. The van der Waals surface area contributed by atoms with E-state index >= 15 is 0 Å². The van der Waals surface area contributed by atoms with Gasteiger partial charge in [-0.25, -0.2) is 0 Å². The summed E-state index contributed by atoms with van der Waals surface area (Å²) in [6.07, 6.45) is -3.87. The van der Waals surface area contributed by atoms with Gasteiger partial charge in [-0.1, -0.05) is 0 Å². The van der Waals surface area contributed by atoms with Gasteiger partial charge in [0.1, 0.15) is 5.60 Å². The van der Waals surface area contributed by atoms with Crippen molar-refractivity contribution in [1.29, 1.82) is 0 Å². The predicted molar refractivity (Wildman–Crippen MR) is 69.4 cm³/mol. The van der Waals surface area contributed by atoms with Crippen molar-refractivity contribution in [3.05, 3.63) is 0 Å². The van der Waals surface area contributed by atoms with Gasteiger partial charge in [0.25, 0.3) is 0 Å². The lowest BCUT2D eigenvalue weighted by Gasteiger charge is -2.34. The fourth-order valence-corrected chi connectivity index (χ4v) is 2.07. The number of hydrogen-bond donors (Lipinski definition) is 0. The van der Waals surface area contributed by atoms with Gasteiger partial charge in [0.2, 0.25) is 0 Å². The lowest BCUT2D eigenvalue weighted by Crippen LogP contribution is -2.49. The van der Waals surface area contributed by atoms with Gasteiger partial charge in [-0.2, -0.15) is 13.2 Å². The molecule has 0 radical (unpaired) electrons. The molecule has 20 heavy (non-hydrogen) atoms. The third kappa shape index (κ3) is 7.69. The van der Waals surface area contributed by atoms with Crippen LogP contribution in [0.15, 0.2) is 0 Å². The maximum absolute atomic E-state index is 12.2. The van der Waals surface area contributed by atoms with Crippen LogP contribution in [0.4, 0.5) is 13.2 Å². The Balaban J connectivity index is 2.21. The Bertz CT molecular complexity index is 319. The first kappa shape index (κ1) is 17.2. The van der Waals surface area contributed by atoms with Crippen molar-refractivity contribution in [2.45, 2.75) is 39.0 Å². The summed E-state index contributed by atoms with van der Waals surface area (Å²) in [7, 11) is 0. The maximum Gasteiger partial charge on any atom is 0.401 e. The summed E-state index contributed by atoms with van der Waals surface area (Å²) in [6.45, 7) is 6.98. The molecule has 1 aliphatic rings. The highest BCUT2D eigenvalue weighted by Gasteiger charge is 2.32. The molecule has 0 amide bonds. The highest BCUT2D eigenvalue weighted by atomic mass is 19.4. The fraction of sp³-hybridized carbons (Fsp3) is 0.923. The monoisotopic (exact) mass is 296 g/mol. The lowest BCUT2D eigenvalue weighted by atomic mass is 10.2. The number of rotatable bonds is 4. The summed E-state index contributed by atoms with van der Waals surface area (Å²) in [5.41, 5.74) is -0.498. The van der Waals surface area contributed by atoms with Gasteiger partial charge in [0.05, 0.1) is 13.0 Å². The van der Waals surface area contributed by atoms with Crippen LogP contribution in [0, 0.1) is 0 Å². The summed E-state index contributed by atoms with van der Waals surface area (Å²) in [5.74, 6) is -0.268. The molecule has 0 saturated carbocycles. The van der Waals surface area contributed by atoms with Crippen LogP contribution < -0.4 is 0 Å². The largest absolute Gasteiger partial charge is 0.460 e. The normalized spacial score (nSPS) is 19.1. The first-order valence-electron chi connectivity index (χ1n) is 6.78. The number of carbonyl (C=O) groups is 1. The van der Waals surface area contributed by atoms with E-state index in [1.54, 1.807) is 20.8 Å². The Labute approximate surface area is 117 Å². The van der Waals surface area contributed by atoms with Crippen LogP contribution in [0.1, 0.15) is 27.2 Å². The molecule has 1 rings (SSSR count). The first-order chi connectivity index (χ1) is 9.05. The van der Waals surface area contributed by atoms with Crippen LogP contribution in [-0.4, -0.2) is 66.8 Å². The molecule has 1 aliphatic heterocycles. The molecule has 0 N–H and O–H groups in total. The van der Waals surface area contributed by atoms with Crippen molar-refractivity contribution in [1.82, 2.24) is 9.80 Å². The van der Waals surface area contributed by atoms with E-state index in [4.69, 9.17) is 4.74 Å². The smallest absolute Gasteiger partial charge is 0.401 e. The molecule has 7 heteroatoms. The van der Waals surface area contributed by atoms with Gasteiger partial charge in [-0.3, -0.25) is 9.69 Å². The van der Waals surface area contributed by atoms with Gasteiger partial charge in [0.15, 0.2) is 0 Å². The molecular weight excluding hydrogens is 273 g/mol. The lowest BCUT2D eigenvalue weighted by molar-refractivity contribution is -0.155. The third-order valence-corrected chi connectivity index (χ3v) is 2.92. The first-order valence-corrected chi connectivity index (χ1v) is 6.78. The number of halogens is 3. The van der Waals surface area contributed by atoms with Gasteiger partial charge >= 0.3 is 12.1 Å². The minimum Gasteiger partial charge on any atom is -0.460 e. The minimum atomic E-state index is -4.14. The third-order valence-electron chi connectivity index (χ3n) is 2.92. The molecule has 118 valence electrons. The zero-order chi connectivity index (χ0) is 15.4. The quantitative estimate of drug-likeness (QED) is 0.742. The molecule has 0 atom stereocenters. The average molecular weight is 296 g/mol. The van der Waals surface area contributed by atoms with E-state index in [-0.39, 0.29) is 12.4 Å². The van der Waals surface area contributed by atoms with Gasteiger partial charge in [0, 0.05) is 32.7 Å². The molecular formula is C13H23F3N2O2. The summed E-state index contributed by atoms with van der Waals surface area (Å²) in [5, 5.41) is 0. The van der Waals surface area contributed by atoms with E-state index < -0.39 is 18.3 Å². The Hall–Kier alpha value is -0.820. The van der Waals surface area contributed by atoms with Crippen LogP contribution >= 0.6 is 0 Å². The number of ether oxygens (including phenoxy) is 1. The van der Waals surface area contributed by atoms with Crippen molar-refractivity contribution in [3.8, 4) is 0 Å². The molecule has 1 fully saturated rings. The standard InChI is InChI=1S/C13H23F3N2O2/c1-12(2,3)20-11(19)4-5-17-6-8-18(9-7-17)10-13(14,15)16/h4-10H2,1-3H3. The molecule has 1 saturated heterocycles.